The number of nitrogens with one attached hydrogen (secondary N) is 1. The lowest BCUT2D eigenvalue weighted by Crippen LogP contribution is -2.14. The zero-order valence-electron chi connectivity index (χ0n) is 15.8. The zero-order chi connectivity index (χ0) is 20.2. The van der Waals surface area contributed by atoms with Crippen LogP contribution in [0.25, 0.3) is 22.5 Å². The lowest BCUT2D eigenvalue weighted by Gasteiger charge is -2.15. The molecule has 7 heteroatoms. The predicted molar refractivity (Wildman–Crippen MR) is 109 cm³/mol. The summed E-state index contributed by atoms with van der Waals surface area (Å²) in [5.74, 6) is 0.735. The number of ether oxygens (including phenoxy) is 1. The van der Waals surface area contributed by atoms with E-state index in [9.17, 15) is 9.90 Å². The Morgan fingerprint density at radius 1 is 1.17 bits per heavy atom. The molecule has 4 aromatic rings. The standard InChI is InChI=1S/C22H20N4O3/c1-29-17-8-6-15(7-9-17)20-21(18-5-3-11-24-22(18)28)26(14-25-20)13-19(27)16-4-2-10-23-12-16/h2-12,14,19,27H,13H2,1H3,(H,24,28). The Bertz CT molecular complexity index is 1150. The highest BCUT2D eigenvalue weighted by Gasteiger charge is 2.20. The largest absolute Gasteiger partial charge is 0.497 e. The molecule has 29 heavy (non-hydrogen) atoms. The van der Waals surface area contributed by atoms with Crippen LogP contribution in [0.2, 0.25) is 0 Å². The van der Waals surface area contributed by atoms with E-state index < -0.39 is 6.10 Å². The van der Waals surface area contributed by atoms with Gasteiger partial charge in [-0.2, -0.15) is 0 Å². The number of nitrogens with zero attached hydrogens (tertiary/aromatic N) is 3. The van der Waals surface area contributed by atoms with Gasteiger partial charge in [-0.3, -0.25) is 9.78 Å². The van der Waals surface area contributed by atoms with Crippen LogP contribution in [0.5, 0.6) is 5.75 Å². The number of aromatic amines is 1. The van der Waals surface area contributed by atoms with Crippen molar-refractivity contribution in [3.05, 3.63) is 89.4 Å². The van der Waals surface area contributed by atoms with E-state index in [1.165, 1.54) is 0 Å². The van der Waals surface area contributed by atoms with Crippen molar-refractivity contribution in [3.63, 3.8) is 0 Å². The minimum atomic E-state index is -0.789. The molecule has 3 heterocycles. The first-order chi connectivity index (χ1) is 14.2. The third kappa shape index (κ3) is 3.81. The maximum absolute atomic E-state index is 12.5. The topological polar surface area (TPSA) is 93.0 Å². The monoisotopic (exact) mass is 388 g/mol. The summed E-state index contributed by atoms with van der Waals surface area (Å²) < 4.78 is 7.02. The molecular weight excluding hydrogens is 368 g/mol. The Hall–Kier alpha value is -3.71. The van der Waals surface area contributed by atoms with Crippen LogP contribution in [0.1, 0.15) is 11.7 Å². The van der Waals surface area contributed by atoms with Crippen molar-refractivity contribution in [2.24, 2.45) is 0 Å². The van der Waals surface area contributed by atoms with E-state index in [0.29, 0.717) is 22.5 Å². The van der Waals surface area contributed by atoms with E-state index in [2.05, 4.69) is 15.0 Å². The smallest absolute Gasteiger partial charge is 0.257 e. The van der Waals surface area contributed by atoms with Crippen molar-refractivity contribution in [1.82, 2.24) is 19.5 Å². The van der Waals surface area contributed by atoms with Gasteiger partial charge in [0.15, 0.2) is 0 Å². The molecule has 3 aromatic heterocycles. The number of imidazole rings is 1. The molecule has 146 valence electrons. The van der Waals surface area contributed by atoms with Crippen LogP contribution in [0.4, 0.5) is 0 Å². The number of rotatable bonds is 6. The molecule has 0 saturated heterocycles. The Morgan fingerprint density at radius 3 is 2.69 bits per heavy atom. The van der Waals surface area contributed by atoms with Crippen LogP contribution >= 0.6 is 0 Å². The number of hydrogen-bond acceptors (Lipinski definition) is 5. The van der Waals surface area contributed by atoms with E-state index in [1.807, 2.05) is 30.3 Å². The van der Waals surface area contributed by atoms with Crippen LogP contribution < -0.4 is 10.3 Å². The van der Waals surface area contributed by atoms with E-state index in [1.54, 1.807) is 54.8 Å². The molecule has 0 radical (unpaired) electrons. The van der Waals surface area contributed by atoms with E-state index in [-0.39, 0.29) is 12.1 Å². The van der Waals surface area contributed by atoms with Crippen molar-refractivity contribution in [2.45, 2.75) is 12.6 Å². The number of methoxy groups -OCH3 is 1. The van der Waals surface area contributed by atoms with Crippen molar-refractivity contribution in [2.75, 3.05) is 7.11 Å². The maximum atomic E-state index is 12.5. The fourth-order valence-electron chi connectivity index (χ4n) is 3.24. The summed E-state index contributed by atoms with van der Waals surface area (Å²) in [5, 5.41) is 10.7. The Balaban J connectivity index is 1.80. The average Bonchev–Trinajstić information content (AvgIpc) is 3.18. The van der Waals surface area contributed by atoms with Crippen LogP contribution in [-0.2, 0) is 6.54 Å². The molecule has 1 unspecified atom stereocenters. The number of hydrogen-bond donors (Lipinski definition) is 2. The lowest BCUT2D eigenvalue weighted by molar-refractivity contribution is 0.156. The Labute approximate surface area is 167 Å². The summed E-state index contributed by atoms with van der Waals surface area (Å²) in [6.07, 6.45) is 5.72. The summed E-state index contributed by atoms with van der Waals surface area (Å²) in [6.45, 7) is 0.235. The van der Waals surface area contributed by atoms with Gasteiger partial charge < -0.3 is 19.4 Å². The summed E-state index contributed by atoms with van der Waals surface area (Å²) in [4.78, 5) is 23.8. The third-order valence-electron chi connectivity index (χ3n) is 4.71. The first kappa shape index (κ1) is 18.6. The lowest BCUT2D eigenvalue weighted by atomic mass is 10.1. The minimum absolute atomic E-state index is 0.222. The summed E-state index contributed by atoms with van der Waals surface area (Å²) in [6, 6.07) is 14.6. The molecule has 0 aliphatic carbocycles. The molecule has 0 spiro atoms. The van der Waals surface area contributed by atoms with Gasteiger partial charge in [-0.05, 0) is 42.5 Å². The SMILES string of the molecule is COc1ccc(-c2ncn(CC(O)c3cccnc3)c2-c2ccc[nH]c2=O)cc1. The van der Waals surface area contributed by atoms with E-state index >= 15 is 0 Å². The number of pyridine rings is 2. The number of H-pyrrole nitrogens is 1. The highest BCUT2D eigenvalue weighted by Crippen LogP contribution is 2.31. The van der Waals surface area contributed by atoms with E-state index in [4.69, 9.17) is 4.74 Å². The normalized spacial score (nSPS) is 11.9. The molecule has 0 amide bonds. The van der Waals surface area contributed by atoms with E-state index in [0.717, 1.165) is 11.3 Å². The van der Waals surface area contributed by atoms with Gasteiger partial charge in [0.25, 0.3) is 5.56 Å². The quantitative estimate of drug-likeness (QED) is 0.530. The van der Waals surface area contributed by atoms with Gasteiger partial charge in [0.1, 0.15) is 5.75 Å². The van der Waals surface area contributed by atoms with Gasteiger partial charge in [0.05, 0.1) is 43.0 Å². The van der Waals surface area contributed by atoms with Crippen molar-refractivity contribution < 1.29 is 9.84 Å². The summed E-state index contributed by atoms with van der Waals surface area (Å²) in [7, 11) is 1.61. The second kappa shape index (κ2) is 8.12. The van der Waals surface area contributed by atoms with Gasteiger partial charge in [-0.25, -0.2) is 4.98 Å². The van der Waals surface area contributed by atoms with Crippen LogP contribution in [0.3, 0.4) is 0 Å². The highest BCUT2D eigenvalue weighted by molar-refractivity contribution is 5.78. The van der Waals surface area contributed by atoms with Gasteiger partial charge in [0, 0.05) is 29.7 Å². The first-order valence-electron chi connectivity index (χ1n) is 9.13. The summed E-state index contributed by atoms with van der Waals surface area (Å²) >= 11 is 0. The fraction of sp³-hybridized carbons (Fsp3) is 0.136. The molecule has 1 atom stereocenters. The molecular formula is C22H20N4O3. The third-order valence-corrected chi connectivity index (χ3v) is 4.71. The molecule has 1 aromatic carbocycles. The molecule has 2 N–H and O–H groups in total. The molecule has 7 nitrogen and oxygen atoms in total. The van der Waals surface area contributed by atoms with Crippen LogP contribution in [-0.4, -0.2) is 31.7 Å². The number of aliphatic hydroxyl groups is 1. The fourth-order valence-corrected chi connectivity index (χ4v) is 3.24. The molecule has 0 saturated carbocycles. The Morgan fingerprint density at radius 2 is 2.00 bits per heavy atom. The van der Waals surface area contributed by atoms with Crippen molar-refractivity contribution >= 4 is 0 Å². The van der Waals surface area contributed by atoms with Gasteiger partial charge in [-0.15, -0.1) is 0 Å². The molecule has 0 fully saturated rings. The highest BCUT2D eigenvalue weighted by atomic mass is 16.5. The van der Waals surface area contributed by atoms with Gasteiger partial charge >= 0.3 is 0 Å². The number of benzene rings is 1. The Kier molecular flexibility index (Phi) is 5.22. The summed E-state index contributed by atoms with van der Waals surface area (Å²) in [5.41, 5.74) is 3.09. The second-order valence-electron chi connectivity index (χ2n) is 6.54. The van der Waals surface area contributed by atoms with Gasteiger partial charge in [-0.1, -0.05) is 6.07 Å². The molecule has 4 rings (SSSR count). The average molecular weight is 388 g/mol. The predicted octanol–water partition coefficient (Wildman–Crippen LogP) is 3.04. The van der Waals surface area contributed by atoms with Crippen LogP contribution in [0, 0.1) is 0 Å². The molecule has 0 aliphatic rings. The van der Waals surface area contributed by atoms with Crippen LogP contribution in [0.15, 0.2) is 78.2 Å². The second-order valence-corrected chi connectivity index (χ2v) is 6.54. The maximum Gasteiger partial charge on any atom is 0.257 e. The molecule has 0 bridgehead atoms. The zero-order valence-corrected chi connectivity index (χ0v) is 15.8. The molecule has 0 aliphatic heterocycles. The van der Waals surface area contributed by atoms with Gasteiger partial charge in [0.2, 0.25) is 0 Å². The number of aromatic nitrogens is 4. The van der Waals surface area contributed by atoms with Crippen molar-refractivity contribution in [1.29, 1.82) is 0 Å². The van der Waals surface area contributed by atoms with Crippen molar-refractivity contribution in [3.8, 4) is 28.3 Å². The first-order valence-corrected chi connectivity index (χ1v) is 9.13. The minimum Gasteiger partial charge on any atom is -0.497 e. The number of aliphatic hydroxyl groups excluding tert-OH is 1.